The predicted octanol–water partition coefficient (Wildman–Crippen LogP) is 11.5. The lowest BCUT2D eigenvalue weighted by Gasteiger charge is -2.14. The molecule has 10 aromatic rings. The lowest BCUT2D eigenvalue weighted by Crippen LogP contribution is -1.96. The highest BCUT2D eigenvalue weighted by atomic mass is 16.3. The minimum absolute atomic E-state index is 0.846. The molecule has 0 saturated carbocycles. The van der Waals surface area contributed by atoms with Crippen LogP contribution in [0.3, 0.4) is 0 Å². The van der Waals surface area contributed by atoms with Crippen LogP contribution in [0.25, 0.3) is 98.6 Å². The molecule has 8 aromatic carbocycles. The molecular formula is C42H24N2O. The normalized spacial score (nSPS) is 12.0. The van der Waals surface area contributed by atoms with Gasteiger partial charge in [-0.25, -0.2) is 9.97 Å². The topological polar surface area (TPSA) is 38.9 Å². The van der Waals surface area contributed by atoms with E-state index in [2.05, 4.69) is 97.1 Å². The second kappa shape index (κ2) is 9.22. The number of nitrogens with zero attached hydrogens (tertiary/aromatic N) is 2. The van der Waals surface area contributed by atoms with Gasteiger partial charge in [-0.1, -0.05) is 115 Å². The van der Waals surface area contributed by atoms with Gasteiger partial charge in [-0.15, -0.1) is 0 Å². The highest BCUT2D eigenvalue weighted by Crippen LogP contribution is 2.41. The molecule has 2 aromatic heterocycles. The van der Waals surface area contributed by atoms with E-state index in [0.29, 0.717) is 0 Å². The Labute approximate surface area is 258 Å². The van der Waals surface area contributed by atoms with Crippen molar-refractivity contribution in [3.05, 3.63) is 146 Å². The molecule has 0 atom stereocenters. The Hall–Kier alpha value is -6.06. The van der Waals surface area contributed by atoms with E-state index in [9.17, 15) is 0 Å². The van der Waals surface area contributed by atoms with Gasteiger partial charge >= 0.3 is 0 Å². The minimum atomic E-state index is 0.846. The summed E-state index contributed by atoms with van der Waals surface area (Å²) in [6.07, 6.45) is 0. The monoisotopic (exact) mass is 572 g/mol. The number of benzene rings is 8. The molecule has 0 fully saturated rings. The summed E-state index contributed by atoms with van der Waals surface area (Å²) in [6.45, 7) is 0. The summed E-state index contributed by atoms with van der Waals surface area (Å²) in [4.78, 5) is 10.5. The first-order chi connectivity index (χ1) is 22.3. The molecule has 10 rings (SSSR count). The van der Waals surface area contributed by atoms with Gasteiger partial charge < -0.3 is 4.42 Å². The Morgan fingerprint density at radius 1 is 0.378 bits per heavy atom. The molecule has 2 heterocycles. The molecule has 0 amide bonds. The summed E-state index contributed by atoms with van der Waals surface area (Å²) in [5.74, 6) is 0. The molecule has 0 N–H and O–H groups in total. The third kappa shape index (κ3) is 3.58. The van der Waals surface area contributed by atoms with Crippen molar-refractivity contribution in [2.75, 3.05) is 0 Å². The van der Waals surface area contributed by atoms with Crippen molar-refractivity contribution in [2.24, 2.45) is 0 Å². The van der Waals surface area contributed by atoms with Gasteiger partial charge in [0.1, 0.15) is 11.2 Å². The third-order valence-electron chi connectivity index (χ3n) is 9.22. The Balaban J connectivity index is 1.26. The highest BCUT2D eigenvalue weighted by Gasteiger charge is 2.19. The second-order valence-corrected chi connectivity index (χ2v) is 11.7. The molecule has 3 heteroatoms. The summed E-state index contributed by atoms with van der Waals surface area (Å²) < 4.78 is 6.26. The molecule has 0 aliphatic rings. The summed E-state index contributed by atoms with van der Waals surface area (Å²) >= 11 is 0. The van der Waals surface area contributed by atoms with E-state index in [0.717, 1.165) is 55.5 Å². The van der Waals surface area contributed by atoms with Crippen LogP contribution in [0.1, 0.15) is 0 Å². The van der Waals surface area contributed by atoms with Crippen LogP contribution >= 0.6 is 0 Å². The first kappa shape index (κ1) is 24.4. The van der Waals surface area contributed by atoms with E-state index in [1.165, 1.54) is 43.1 Å². The molecule has 0 radical (unpaired) electrons. The fourth-order valence-electron chi connectivity index (χ4n) is 7.16. The number of hydrogen-bond acceptors (Lipinski definition) is 3. The van der Waals surface area contributed by atoms with Crippen LogP contribution in [0.15, 0.2) is 150 Å². The van der Waals surface area contributed by atoms with Crippen LogP contribution in [0, 0.1) is 0 Å². The summed E-state index contributed by atoms with van der Waals surface area (Å²) in [5, 5.41) is 12.2. The number of fused-ring (bicyclic) bond motifs is 11. The number of aromatic nitrogens is 2. The number of para-hydroxylation sites is 3. The zero-order valence-electron chi connectivity index (χ0n) is 24.2. The second-order valence-electron chi connectivity index (χ2n) is 11.7. The van der Waals surface area contributed by atoms with E-state index >= 15 is 0 Å². The number of furan rings is 1. The fraction of sp³-hybridized carbons (Fsp3) is 0. The zero-order valence-corrected chi connectivity index (χ0v) is 24.2. The van der Waals surface area contributed by atoms with Crippen LogP contribution in [0.2, 0.25) is 0 Å². The Morgan fingerprint density at radius 3 is 1.96 bits per heavy atom. The third-order valence-corrected chi connectivity index (χ3v) is 9.22. The van der Waals surface area contributed by atoms with E-state index in [1.807, 2.05) is 48.5 Å². The zero-order chi connectivity index (χ0) is 29.5. The Bertz CT molecular complexity index is 2830. The first-order valence-corrected chi connectivity index (χ1v) is 15.2. The average molecular weight is 573 g/mol. The van der Waals surface area contributed by atoms with Crippen molar-refractivity contribution >= 4 is 76.1 Å². The van der Waals surface area contributed by atoms with Crippen molar-refractivity contribution < 1.29 is 4.42 Å². The molecule has 0 bridgehead atoms. The average Bonchev–Trinajstić information content (AvgIpc) is 3.49. The van der Waals surface area contributed by atoms with E-state index in [4.69, 9.17) is 14.4 Å². The number of hydrogen-bond donors (Lipinski definition) is 0. The Morgan fingerprint density at radius 2 is 1.04 bits per heavy atom. The van der Waals surface area contributed by atoms with E-state index in [1.54, 1.807) is 0 Å². The summed E-state index contributed by atoms with van der Waals surface area (Å²) in [6, 6.07) is 51.4. The van der Waals surface area contributed by atoms with Gasteiger partial charge in [0, 0.05) is 21.9 Å². The minimum Gasteiger partial charge on any atom is -0.456 e. The van der Waals surface area contributed by atoms with Crippen LogP contribution in [-0.2, 0) is 0 Å². The molecule has 45 heavy (non-hydrogen) atoms. The number of rotatable bonds is 2. The van der Waals surface area contributed by atoms with Crippen molar-refractivity contribution in [2.45, 2.75) is 0 Å². The van der Waals surface area contributed by atoms with Crippen molar-refractivity contribution in [3.63, 3.8) is 0 Å². The standard InChI is InChI=1S/C42H24N2O/c1-2-9-29-25(8-1)18-23-32-31(29)22-19-26-16-17-27-24-28(20-21-30(27)39(26)32)41-42(44-36-13-5-4-12-35(36)43-41)34-11-7-15-38-40(34)33-10-3-6-14-37(33)45-38/h1-24H. The molecule has 208 valence electrons. The van der Waals surface area contributed by atoms with Crippen molar-refractivity contribution in [1.82, 2.24) is 9.97 Å². The van der Waals surface area contributed by atoms with E-state index in [-0.39, 0.29) is 0 Å². The quantitative estimate of drug-likeness (QED) is 0.193. The van der Waals surface area contributed by atoms with Gasteiger partial charge in [0.2, 0.25) is 0 Å². The Kier molecular flexibility index (Phi) is 5.00. The molecule has 3 nitrogen and oxygen atoms in total. The first-order valence-electron chi connectivity index (χ1n) is 15.2. The van der Waals surface area contributed by atoms with Gasteiger partial charge in [0.15, 0.2) is 0 Å². The smallest absolute Gasteiger partial charge is 0.136 e. The van der Waals surface area contributed by atoms with Gasteiger partial charge in [0.25, 0.3) is 0 Å². The fourth-order valence-corrected chi connectivity index (χ4v) is 7.16. The maximum atomic E-state index is 6.26. The highest BCUT2D eigenvalue weighted by molar-refractivity contribution is 6.25. The largest absolute Gasteiger partial charge is 0.456 e. The lowest BCUT2D eigenvalue weighted by atomic mass is 9.92. The van der Waals surface area contributed by atoms with Crippen LogP contribution in [0.5, 0.6) is 0 Å². The maximum absolute atomic E-state index is 6.26. The molecule has 0 unspecified atom stereocenters. The van der Waals surface area contributed by atoms with Crippen molar-refractivity contribution in [3.8, 4) is 22.5 Å². The van der Waals surface area contributed by atoms with Crippen LogP contribution < -0.4 is 0 Å². The van der Waals surface area contributed by atoms with Gasteiger partial charge in [-0.05, 0) is 73.4 Å². The summed E-state index contributed by atoms with van der Waals surface area (Å²) in [7, 11) is 0. The van der Waals surface area contributed by atoms with E-state index < -0.39 is 0 Å². The predicted molar refractivity (Wildman–Crippen MR) is 188 cm³/mol. The molecule has 0 aliphatic heterocycles. The van der Waals surface area contributed by atoms with Crippen LogP contribution in [0.4, 0.5) is 0 Å². The summed E-state index contributed by atoms with van der Waals surface area (Å²) in [5.41, 5.74) is 7.21. The molecule has 0 spiro atoms. The maximum Gasteiger partial charge on any atom is 0.136 e. The molecule has 0 saturated heterocycles. The lowest BCUT2D eigenvalue weighted by molar-refractivity contribution is 0.669. The van der Waals surface area contributed by atoms with Gasteiger partial charge in [0.05, 0.1) is 22.4 Å². The SMILES string of the molecule is c1ccc2c(c1)ccc1c2ccc2ccc3cc(-c4nc5ccccc5nc4-c4cccc5oc6ccccc6c45)ccc3c21. The molecule has 0 aliphatic carbocycles. The van der Waals surface area contributed by atoms with Crippen LogP contribution in [-0.4, -0.2) is 9.97 Å². The van der Waals surface area contributed by atoms with Gasteiger partial charge in [-0.3, -0.25) is 0 Å². The van der Waals surface area contributed by atoms with Crippen molar-refractivity contribution in [1.29, 1.82) is 0 Å². The van der Waals surface area contributed by atoms with Gasteiger partial charge in [-0.2, -0.15) is 0 Å². The molecular weight excluding hydrogens is 548 g/mol.